The molecule has 7 aromatic carbocycles. The van der Waals surface area contributed by atoms with E-state index in [9.17, 15) is 0 Å². The summed E-state index contributed by atoms with van der Waals surface area (Å²) >= 11 is 0. The van der Waals surface area contributed by atoms with Crippen molar-refractivity contribution >= 4 is 32.7 Å². The van der Waals surface area contributed by atoms with Crippen molar-refractivity contribution in [2.75, 3.05) is 0 Å². The molecule has 0 N–H and O–H groups in total. The van der Waals surface area contributed by atoms with E-state index in [0.717, 1.165) is 66.4 Å². The Bertz CT molecular complexity index is 2480. The standard InChI is InChI=1S/C44H28N2O/c1-4-12-29(13-5-1)34-24-25-42-38(26-34)39-27-37(35-18-10-11-19-36(35)43(39)47-42)30-20-22-32(23-21-30)41-28-40(31-14-6-2-7-15-31)45-44(46-41)33-16-8-3-9-17-33/h1-28H. The van der Waals surface area contributed by atoms with Gasteiger partial charge in [-0.1, -0.05) is 146 Å². The van der Waals surface area contributed by atoms with Gasteiger partial charge >= 0.3 is 0 Å². The molecule has 0 bridgehead atoms. The van der Waals surface area contributed by atoms with Crippen molar-refractivity contribution in [2.24, 2.45) is 0 Å². The molecule has 0 unspecified atom stereocenters. The second-order valence-corrected chi connectivity index (χ2v) is 11.8. The molecule has 220 valence electrons. The molecule has 2 aromatic heterocycles. The third-order valence-electron chi connectivity index (χ3n) is 8.90. The summed E-state index contributed by atoms with van der Waals surface area (Å²) in [6, 6.07) is 59.1. The first-order valence-corrected chi connectivity index (χ1v) is 15.8. The predicted octanol–water partition coefficient (Wildman–Crippen LogP) is 11.9. The largest absolute Gasteiger partial charge is 0.455 e. The molecular weight excluding hydrogens is 572 g/mol. The van der Waals surface area contributed by atoms with Gasteiger partial charge in [0.15, 0.2) is 5.82 Å². The van der Waals surface area contributed by atoms with Crippen LogP contribution in [0.1, 0.15) is 0 Å². The average molecular weight is 601 g/mol. The van der Waals surface area contributed by atoms with Crippen LogP contribution in [-0.2, 0) is 0 Å². The second kappa shape index (κ2) is 11.2. The van der Waals surface area contributed by atoms with E-state index in [1.165, 1.54) is 16.7 Å². The van der Waals surface area contributed by atoms with Crippen LogP contribution in [0.25, 0.3) is 88.9 Å². The molecule has 0 atom stereocenters. The summed E-state index contributed by atoms with van der Waals surface area (Å²) in [4.78, 5) is 9.98. The maximum absolute atomic E-state index is 6.51. The molecule has 9 aromatic rings. The van der Waals surface area contributed by atoms with Gasteiger partial charge in [-0.25, -0.2) is 9.97 Å². The van der Waals surface area contributed by atoms with Gasteiger partial charge in [0.05, 0.1) is 11.4 Å². The van der Waals surface area contributed by atoms with E-state index in [0.29, 0.717) is 5.82 Å². The van der Waals surface area contributed by atoms with Crippen LogP contribution in [0.2, 0.25) is 0 Å². The van der Waals surface area contributed by atoms with Crippen LogP contribution in [-0.4, -0.2) is 9.97 Å². The van der Waals surface area contributed by atoms with Gasteiger partial charge in [0.1, 0.15) is 11.2 Å². The second-order valence-electron chi connectivity index (χ2n) is 11.8. The smallest absolute Gasteiger partial charge is 0.160 e. The Morgan fingerprint density at radius 1 is 0.340 bits per heavy atom. The zero-order valence-electron chi connectivity index (χ0n) is 25.5. The number of furan rings is 1. The summed E-state index contributed by atoms with van der Waals surface area (Å²) in [5.74, 6) is 0.712. The van der Waals surface area contributed by atoms with Gasteiger partial charge in [-0.3, -0.25) is 0 Å². The zero-order chi connectivity index (χ0) is 31.2. The van der Waals surface area contributed by atoms with Gasteiger partial charge in [-0.05, 0) is 51.9 Å². The number of benzene rings is 7. The summed E-state index contributed by atoms with van der Waals surface area (Å²) < 4.78 is 6.51. The number of fused-ring (bicyclic) bond motifs is 5. The van der Waals surface area contributed by atoms with E-state index in [2.05, 4.69) is 127 Å². The SMILES string of the molecule is c1ccc(-c2ccc3oc4c5ccccc5c(-c5ccc(-c6cc(-c7ccccc7)nc(-c7ccccc7)n6)cc5)cc4c3c2)cc1. The van der Waals surface area contributed by atoms with E-state index in [-0.39, 0.29) is 0 Å². The maximum atomic E-state index is 6.51. The Morgan fingerprint density at radius 3 is 1.55 bits per heavy atom. The average Bonchev–Trinajstić information content (AvgIpc) is 3.54. The molecule has 0 aliphatic rings. The van der Waals surface area contributed by atoms with Crippen molar-refractivity contribution in [3.05, 3.63) is 170 Å². The highest BCUT2D eigenvalue weighted by Gasteiger charge is 2.16. The molecular formula is C44H28N2O. The fourth-order valence-electron chi connectivity index (χ4n) is 6.54. The van der Waals surface area contributed by atoms with Crippen LogP contribution < -0.4 is 0 Å². The highest BCUT2D eigenvalue weighted by molar-refractivity contribution is 6.19. The Kier molecular flexibility index (Phi) is 6.46. The number of nitrogens with zero attached hydrogens (tertiary/aromatic N) is 2. The molecule has 0 spiro atoms. The third-order valence-corrected chi connectivity index (χ3v) is 8.90. The lowest BCUT2D eigenvalue weighted by molar-refractivity contribution is 0.673. The Hall–Kier alpha value is -6.32. The maximum Gasteiger partial charge on any atom is 0.160 e. The lowest BCUT2D eigenvalue weighted by atomic mass is 9.94. The monoisotopic (exact) mass is 600 g/mol. The van der Waals surface area contributed by atoms with Gasteiger partial charge in [0.25, 0.3) is 0 Å². The van der Waals surface area contributed by atoms with Crippen molar-refractivity contribution in [2.45, 2.75) is 0 Å². The first kappa shape index (κ1) is 27.0. The molecule has 9 rings (SSSR count). The van der Waals surface area contributed by atoms with Gasteiger partial charge in [0, 0.05) is 32.8 Å². The van der Waals surface area contributed by atoms with Gasteiger partial charge in [-0.15, -0.1) is 0 Å². The summed E-state index contributed by atoms with van der Waals surface area (Å²) in [7, 11) is 0. The lowest BCUT2D eigenvalue weighted by Gasteiger charge is -2.11. The first-order valence-electron chi connectivity index (χ1n) is 15.8. The molecule has 0 fully saturated rings. The highest BCUT2D eigenvalue weighted by Crippen LogP contribution is 2.41. The number of hydrogen-bond acceptors (Lipinski definition) is 3. The first-order chi connectivity index (χ1) is 23.3. The van der Waals surface area contributed by atoms with Gasteiger partial charge in [-0.2, -0.15) is 0 Å². The molecule has 2 heterocycles. The number of hydrogen-bond donors (Lipinski definition) is 0. The molecule has 0 aliphatic heterocycles. The minimum absolute atomic E-state index is 0.712. The highest BCUT2D eigenvalue weighted by atomic mass is 16.3. The van der Waals surface area contributed by atoms with E-state index < -0.39 is 0 Å². The predicted molar refractivity (Wildman–Crippen MR) is 194 cm³/mol. The number of rotatable bonds is 5. The lowest BCUT2D eigenvalue weighted by Crippen LogP contribution is -1.95. The zero-order valence-corrected chi connectivity index (χ0v) is 25.5. The fraction of sp³-hybridized carbons (Fsp3) is 0. The van der Waals surface area contributed by atoms with Crippen LogP contribution in [0.4, 0.5) is 0 Å². The molecule has 3 heteroatoms. The van der Waals surface area contributed by atoms with E-state index in [4.69, 9.17) is 14.4 Å². The van der Waals surface area contributed by atoms with Gasteiger partial charge in [0.2, 0.25) is 0 Å². The summed E-state index contributed by atoms with van der Waals surface area (Å²) in [6.45, 7) is 0. The quantitative estimate of drug-likeness (QED) is 0.197. The molecule has 47 heavy (non-hydrogen) atoms. The van der Waals surface area contributed by atoms with Crippen molar-refractivity contribution in [1.82, 2.24) is 9.97 Å². The van der Waals surface area contributed by atoms with E-state index in [1.807, 2.05) is 42.5 Å². The third kappa shape index (κ3) is 4.86. The fourth-order valence-corrected chi connectivity index (χ4v) is 6.54. The Labute approximate surface area is 272 Å². The Morgan fingerprint density at radius 2 is 0.872 bits per heavy atom. The molecule has 0 aliphatic carbocycles. The summed E-state index contributed by atoms with van der Waals surface area (Å²) in [5.41, 5.74) is 11.4. The van der Waals surface area contributed by atoms with Crippen LogP contribution >= 0.6 is 0 Å². The summed E-state index contributed by atoms with van der Waals surface area (Å²) in [6.07, 6.45) is 0. The minimum Gasteiger partial charge on any atom is -0.455 e. The van der Waals surface area contributed by atoms with Crippen molar-refractivity contribution in [1.29, 1.82) is 0 Å². The van der Waals surface area contributed by atoms with E-state index in [1.54, 1.807) is 0 Å². The molecule has 0 saturated heterocycles. The molecule has 0 saturated carbocycles. The topological polar surface area (TPSA) is 38.9 Å². The molecule has 0 amide bonds. The minimum atomic E-state index is 0.712. The van der Waals surface area contributed by atoms with Crippen LogP contribution in [0.5, 0.6) is 0 Å². The van der Waals surface area contributed by atoms with Crippen LogP contribution in [0.15, 0.2) is 174 Å². The van der Waals surface area contributed by atoms with Crippen LogP contribution in [0.3, 0.4) is 0 Å². The van der Waals surface area contributed by atoms with Crippen LogP contribution in [0, 0.1) is 0 Å². The molecule has 0 radical (unpaired) electrons. The molecule has 3 nitrogen and oxygen atoms in total. The van der Waals surface area contributed by atoms with Crippen molar-refractivity contribution < 1.29 is 4.42 Å². The van der Waals surface area contributed by atoms with Crippen molar-refractivity contribution in [3.8, 4) is 56.2 Å². The number of aromatic nitrogens is 2. The van der Waals surface area contributed by atoms with Crippen molar-refractivity contribution in [3.63, 3.8) is 0 Å². The summed E-state index contributed by atoms with van der Waals surface area (Å²) in [5, 5.41) is 4.51. The normalized spacial score (nSPS) is 11.4. The van der Waals surface area contributed by atoms with Gasteiger partial charge < -0.3 is 4.42 Å². The van der Waals surface area contributed by atoms with E-state index >= 15 is 0 Å². The Balaban J connectivity index is 1.18.